The number of carbonyl (C=O) groups is 2. The van der Waals surface area contributed by atoms with E-state index in [0.717, 1.165) is 0 Å². The molecule has 0 aromatic carbocycles. The molecule has 0 bridgehead atoms. The topological polar surface area (TPSA) is 68.4 Å². The van der Waals surface area contributed by atoms with Crippen LogP contribution in [-0.2, 0) is 14.3 Å². The van der Waals surface area contributed by atoms with Crippen LogP contribution in [0.2, 0.25) is 0 Å². The van der Waals surface area contributed by atoms with E-state index in [0.29, 0.717) is 12.0 Å². The Labute approximate surface area is 93.7 Å². The van der Waals surface area contributed by atoms with E-state index >= 15 is 0 Å². The van der Waals surface area contributed by atoms with Gasteiger partial charge in [-0.15, -0.1) is 0 Å². The highest BCUT2D eigenvalue weighted by Crippen LogP contribution is 2.07. The Kier molecular flexibility index (Phi) is 4.57. The Bertz CT molecular complexity index is 345. The lowest BCUT2D eigenvalue weighted by atomic mass is 10.2. The lowest BCUT2D eigenvalue weighted by Gasteiger charge is -2.13. The van der Waals surface area contributed by atoms with E-state index in [1.165, 1.54) is 6.20 Å². The molecule has 1 rings (SSSR count). The Morgan fingerprint density at radius 2 is 2.19 bits per heavy atom. The lowest BCUT2D eigenvalue weighted by molar-refractivity contribution is -0.153. The van der Waals surface area contributed by atoms with Gasteiger partial charge in [-0.05, 0) is 19.4 Å². The molecule has 88 valence electrons. The number of ether oxygens (including phenoxy) is 2. The minimum absolute atomic E-state index is 0.275. The van der Waals surface area contributed by atoms with Crippen LogP contribution in [0.15, 0.2) is 18.5 Å². The highest BCUT2D eigenvalue weighted by Gasteiger charge is 2.22. The second-order valence-corrected chi connectivity index (χ2v) is 3.15. The maximum absolute atomic E-state index is 11.5. The van der Waals surface area contributed by atoms with Crippen LogP contribution < -0.4 is 0 Å². The number of hydrogen-bond acceptors (Lipinski definition) is 4. The van der Waals surface area contributed by atoms with Gasteiger partial charge in [0.15, 0.2) is 6.10 Å². The number of esters is 2. The second kappa shape index (κ2) is 5.95. The van der Waals surface area contributed by atoms with Crippen LogP contribution in [0, 0.1) is 0 Å². The maximum atomic E-state index is 11.5. The van der Waals surface area contributed by atoms with Crippen LogP contribution in [0.1, 0.15) is 30.6 Å². The normalized spacial score (nSPS) is 11.9. The number of nitrogens with one attached hydrogen (secondary N) is 1. The first kappa shape index (κ1) is 12.3. The van der Waals surface area contributed by atoms with Gasteiger partial charge in [0.25, 0.3) is 0 Å². The van der Waals surface area contributed by atoms with E-state index in [4.69, 9.17) is 9.47 Å². The first-order chi connectivity index (χ1) is 7.69. The zero-order valence-electron chi connectivity index (χ0n) is 9.36. The summed E-state index contributed by atoms with van der Waals surface area (Å²) in [5, 5.41) is 0. The van der Waals surface area contributed by atoms with E-state index in [-0.39, 0.29) is 6.61 Å². The van der Waals surface area contributed by atoms with E-state index in [1.54, 1.807) is 26.1 Å². The SMILES string of the molecule is CCOC(=O)C(CC)OC(=O)c1cc[nH]c1. The van der Waals surface area contributed by atoms with Crippen molar-refractivity contribution in [2.75, 3.05) is 6.61 Å². The molecule has 0 saturated heterocycles. The van der Waals surface area contributed by atoms with Crippen molar-refractivity contribution >= 4 is 11.9 Å². The molecule has 1 aromatic rings. The molecule has 5 nitrogen and oxygen atoms in total. The Hall–Kier alpha value is -1.78. The van der Waals surface area contributed by atoms with Gasteiger partial charge in [-0.25, -0.2) is 9.59 Å². The average Bonchev–Trinajstić information content (AvgIpc) is 2.79. The third-order valence-electron chi connectivity index (χ3n) is 2.00. The molecule has 1 atom stereocenters. The molecular weight excluding hydrogens is 210 g/mol. The predicted molar refractivity (Wildman–Crippen MR) is 56.9 cm³/mol. The fraction of sp³-hybridized carbons (Fsp3) is 0.455. The van der Waals surface area contributed by atoms with E-state index in [9.17, 15) is 9.59 Å². The molecule has 1 N–H and O–H groups in total. The van der Waals surface area contributed by atoms with Gasteiger partial charge in [-0.2, -0.15) is 0 Å². The molecule has 1 unspecified atom stereocenters. The van der Waals surface area contributed by atoms with Crippen LogP contribution in [0.5, 0.6) is 0 Å². The van der Waals surface area contributed by atoms with Gasteiger partial charge in [0.2, 0.25) is 0 Å². The number of aromatic amines is 1. The van der Waals surface area contributed by atoms with Crippen molar-refractivity contribution in [2.45, 2.75) is 26.4 Å². The molecule has 16 heavy (non-hydrogen) atoms. The maximum Gasteiger partial charge on any atom is 0.347 e. The average molecular weight is 225 g/mol. The number of hydrogen-bond donors (Lipinski definition) is 1. The first-order valence-electron chi connectivity index (χ1n) is 5.19. The Morgan fingerprint density at radius 1 is 1.44 bits per heavy atom. The van der Waals surface area contributed by atoms with Gasteiger partial charge in [0, 0.05) is 12.4 Å². The first-order valence-corrected chi connectivity index (χ1v) is 5.19. The summed E-state index contributed by atoms with van der Waals surface area (Å²) in [6, 6.07) is 1.58. The summed E-state index contributed by atoms with van der Waals surface area (Å²) in [6.07, 6.45) is 2.69. The second-order valence-electron chi connectivity index (χ2n) is 3.15. The van der Waals surface area contributed by atoms with Gasteiger partial charge >= 0.3 is 11.9 Å². The molecule has 0 aliphatic rings. The number of aromatic nitrogens is 1. The van der Waals surface area contributed by atoms with Crippen molar-refractivity contribution < 1.29 is 19.1 Å². The standard InChI is InChI=1S/C11H15NO4/c1-3-9(11(14)15-4-2)16-10(13)8-5-6-12-7-8/h5-7,9,12H,3-4H2,1-2H3. The smallest absolute Gasteiger partial charge is 0.347 e. The molecule has 0 radical (unpaired) electrons. The molecule has 5 heteroatoms. The minimum Gasteiger partial charge on any atom is -0.463 e. The fourth-order valence-electron chi connectivity index (χ4n) is 1.18. The highest BCUT2D eigenvalue weighted by atomic mass is 16.6. The van der Waals surface area contributed by atoms with Crippen LogP contribution in [0.4, 0.5) is 0 Å². The monoisotopic (exact) mass is 225 g/mol. The zero-order chi connectivity index (χ0) is 12.0. The summed E-state index contributed by atoms with van der Waals surface area (Å²) in [7, 11) is 0. The minimum atomic E-state index is -0.831. The third-order valence-corrected chi connectivity index (χ3v) is 2.00. The highest BCUT2D eigenvalue weighted by molar-refractivity contribution is 5.91. The van der Waals surface area contributed by atoms with Crippen LogP contribution >= 0.6 is 0 Å². The van der Waals surface area contributed by atoms with Crippen molar-refractivity contribution in [1.82, 2.24) is 4.98 Å². The lowest BCUT2D eigenvalue weighted by Crippen LogP contribution is -2.28. The van der Waals surface area contributed by atoms with Gasteiger partial charge in [-0.3, -0.25) is 0 Å². The van der Waals surface area contributed by atoms with Crippen molar-refractivity contribution in [3.63, 3.8) is 0 Å². The van der Waals surface area contributed by atoms with Crippen molar-refractivity contribution in [1.29, 1.82) is 0 Å². The largest absolute Gasteiger partial charge is 0.463 e. The molecule has 0 aliphatic carbocycles. The molecule has 1 heterocycles. The summed E-state index contributed by atoms with van der Waals surface area (Å²) < 4.78 is 9.81. The van der Waals surface area contributed by atoms with Gasteiger partial charge in [-0.1, -0.05) is 6.92 Å². The molecule has 0 spiro atoms. The number of carbonyl (C=O) groups excluding carboxylic acids is 2. The van der Waals surface area contributed by atoms with Crippen LogP contribution in [0.25, 0.3) is 0 Å². The fourth-order valence-corrected chi connectivity index (χ4v) is 1.18. The Balaban J connectivity index is 2.57. The molecule has 0 amide bonds. The number of H-pyrrole nitrogens is 1. The van der Waals surface area contributed by atoms with E-state index < -0.39 is 18.0 Å². The molecule has 0 fully saturated rings. The Morgan fingerprint density at radius 3 is 2.69 bits per heavy atom. The van der Waals surface area contributed by atoms with Crippen LogP contribution in [0.3, 0.4) is 0 Å². The predicted octanol–water partition coefficient (Wildman–Crippen LogP) is 1.51. The molecular formula is C11H15NO4. The van der Waals surface area contributed by atoms with Crippen molar-refractivity contribution in [2.24, 2.45) is 0 Å². The summed E-state index contributed by atoms with van der Waals surface area (Å²) in [6.45, 7) is 3.74. The molecule has 1 aromatic heterocycles. The molecule has 0 saturated carbocycles. The van der Waals surface area contributed by atoms with Gasteiger partial charge in [0.1, 0.15) is 0 Å². The van der Waals surface area contributed by atoms with Crippen LogP contribution in [-0.4, -0.2) is 29.6 Å². The van der Waals surface area contributed by atoms with E-state index in [1.807, 2.05) is 0 Å². The summed E-state index contributed by atoms with van der Waals surface area (Å²) >= 11 is 0. The number of rotatable bonds is 5. The van der Waals surface area contributed by atoms with Gasteiger partial charge in [0.05, 0.1) is 12.2 Å². The quantitative estimate of drug-likeness (QED) is 0.771. The van der Waals surface area contributed by atoms with E-state index in [2.05, 4.69) is 4.98 Å². The zero-order valence-corrected chi connectivity index (χ0v) is 9.36. The third kappa shape index (κ3) is 3.12. The summed E-state index contributed by atoms with van der Waals surface area (Å²) in [4.78, 5) is 25.6. The summed E-state index contributed by atoms with van der Waals surface area (Å²) in [5.74, 6) is -1.03. The summed E-state index contributed by atoms with van der Waals surface area (Å²) in [5.41, 5.74) is 0.391. The van der Waals surface area contributed by atoms with Crippen molar-refractivity contribution in [3.8, 4) is 0 Å². The van der Waals surface area contributed by atoms with Gasteiger partial charge < -0.3 is 14.5 Å². The molecule has 0 aliphatic heterocycles. The van der Waals surface area contributed by atoms with Crippen molar-refractivity contribution in [3.05, 3.63) is 24.0 Å².